The fourth-order valence-corrected chi connectivity index (χ4v) is 6.00. The summed E-state index contributed by atoms with van der Waals surface area (Å²) in [5, 5.41) is 7.24. The predicted molar refractivity (Wildman–Crippen MR) is 176 cm³/mol. The summed E-state index contributed by atoms with van der Waals surface area (Å²) >= 11 is 0. The minimum atomic E-state index is 0.0169. The SMILES string of the molecule is Cc1nn(-c2cccc(Oc3ccc4c5ccccc5n(-c5cc(C(C)(C)C)ccn5)c4c3)c2)c(C)c1-c1ccccc1. The van der Waals surface area contributed by atoms with Gasteiger partial charge in [0.25, 0.3) is 0 Å². The van der Waals surface area contributed by atoms with Gasteiger partial charge >= 0.3 is 0 Å². The van der Waals surface area contributed by atoms with Crippen molar-refractivity contribution >= 4 is 21.8 Å². The topological polar surface area (TPSA) is 44.9 Å². The van der Waals surface area contributed by atoms with Crippen molar-refractivity contribution in [3.05, 3.63) is 132 Å². The maximum Gasteiger partial charge on any atom is 0.137 e. The van der Waals surface area contributed by atoms with Crippen molar-refractivity contribution < 1.29 is 4.74 Å². The van der Waals surface area contributed by atoms with Crippen LogP contribution in [0.1, 0.15) is 37.7 Å². The Labute approximate surface area is 252 Å². The molecule has 0 N–H and O–H groups in total. The van der Waals surface area contributed by atoms with Crippen LogP contribution in [-0.4, -0.2) is 19.3 Å². The van der Waals surface area contributed by atoms with Gasteiger partial charge in [-0.3, -0.25) is 4.57 Å². The molecule has 3 heterocycles. The van der Waals surface area contributed by atoms with Gasteiger partial charge in [0.05, 0.1) is 22.4 Å². The molecule has 0 aliphatic heterocycles. The first-order valence-electron chi connectivity index (χ1n) is 14.7. The minimum Gasteiger partial charge on any atom is -0.457 e. The minimum absolute atomic E-state index is 0.0169. The first-order chi connectivity index (χ1) is 20.8. The van der Waals surface area contributed by atoms with Crippen molar-refractivity contribution in [2.45, 2.75) is 40.0 Å². The molecule has 7 rings (SSSR count). The molecule has 3 aromatic heterocycles. The Morgan fingerprint density at radius 3 is 2.23 bits per heavy atom. The highest BCUT2D eigenvalue weighted by Gasteiger charge is 2.19. The van der Waals surface area contributed by atoms with Crippen LogP contribution in [0.3, 0.4) is 0 Å². The summed E-state index contributed by atoms with van der Waals surface area (Å²) in [4.78, 5) is 4.81. The molecule has 0 saturated carbocycles. The Kier molecular flexibility index (Phi) is 6.39. The van der Waals surface area contributed by atoms with Gasteiger partial charge in [-0.05, 0) is 72.9 Å². The molecular weight excluding hydrogens is 528 g/mol. The Morgan fingerprint density at radius 2 is 1.42 bits per heavy atom. The van der Waals surface area contributed by atoms with Gasteiger partial charge in [0.1, 0.15) is 17.3 Å². The number of pyridine rings is 1. The van der Waals surface area contributed by atoms with Crippen molar-refractivity contribution in [3.8, 4) is 34.1 Å². The quantitative estimate of drug-likeness (QED) is 0.210. The zero-order valence-corrected chi connectivity index (χ0v) is 25.2. The fourth-order valence-electron chi connectivity index (χ4n) is 6.00. The third-order valence-corrected chi connectivity index (χ3v) is 8.14. The molecule has 5 nitrogen and oxygen atoms in total. The summed E-state index contributed by atoms with van der Waals surface area (Å²) < 4.78 is 10.7. The van der Waals surface area contributed by atoms with Crippen LogP contribution < -0.4 is 4.74 Å². The molecule has 0 atom stereocenters. The predicted octanol–water partition coefficient (Wildman–Crippen LogP) is 9.74. The Bertz CT molecular complexity index is 2110. The number of hydrogen-bond donors (Lipinski definition) is 0. The van der Waals surface area contributed by atoms with Gasteiger partial charge in [-0.2, -0.15) is 5.10 Å². The van der Waals surface area contributed by atoms with E-state index < -0.39 is 0 Å². The van der Waals surface area contributed by atoms with Gasteiger partial charge < -0.3 is 4.74 Å². The van der Waals surface area contributed by atoms with E-state index in [0.717, 1.165) is 56.4 Å². The van der Waals surface area contributed by atoms with E-state index in [1.165, 1.54) is 16.5 Å². The van der Waals surface area contributed by atoms with Crippen molar-refractivity contribution in [2.75, 3.05) is 0 Å². The molecule has 5 heteroatoms. The van der Waals surface area contributed by atoms with Crippen LogP contribution in [0.4, 0.5) is 0 Å². The number of rotatable bonds is 5. The highest BCUT2D eigenvalue weighted by atomic mass is 16.5. The highest BCUT2D eigenvalue weighted by Crippen LogP contribution is 2.36. The van der Waals surface area contributed by atoms with Crippen LogP contribution >= 0.6 is 0 Å². The second-order valence-electron chi connectivity index (χ2n) is 12.1. The third-order valence-electron chi connectivity index (χ3n) is 8.14. The van der Waals surface area contributed by atoms with Gasteiger partial charge in [-0.25, -0.2) is 9.67 Å². The summed E-state index contributed by atoms with van der Waals surface area (Å²) in [6, 6.07) is 37.6. The number of ether oxygens (including phenoxy) is 1. The van der Waals surface area contributed by atoms with E-state index in [1.807, 2.05) is 41.2 Å². The first kappa shape index (κ1) is 26.7. The molecule has 0 bridgehead atoms. The van der Waals surface area contributed by atoms with Crippen molar-refractivity contribution in [1.29, 1.82) is 0 Å². The average Bonchev–Trinajstić information content (AvgIpc) is 3.50. The molecule has 4 aromatic carbocycles. The maximum atomic E-state index is 6.50. The molecule has 0 radical (unpaired) electrons. The number of nitrogens with zero attached hydrogens (tertiary/aromatic N) is 4. The number of para-hydroxylation sites is 1. The standard InChI is InChI=1S/C38H34N4O/c1-25-37(27-12-7-6-8-13-27)26(2)42(40-25)29-14-11-15-30(23-29)43-31-18-19-33-32-16-9-10-17-34(32)41(35(33)24-31)36-22-28(20-21-39-36)38(3,4)5/h6-24H,1-5H3. The number of benzene rings is 4. The van der Waals surface area contributed by atoms with Crippen molar-refractivity contribution in [1.82, 2.24) is 19.3 Å². The molecule has 0 saturated heterocycles. The monoisotopic (exact) mass is 562 g/mol. The highest BCUT2D eigenvalue weighted by molar-refractivity contribution is 6.09. The largest absolute Gasteiger partial charge is 0.457 e. The first-order valence-corrected chi connectivity index (χ1v) is 14.7. The van der Waals surface area contributed by atoms with E-state index in [0.29, 0.717) is 0 Å². The summed E-state index contributed by atoms with van der Waals surface area (Å²) in [5.74, 6) is 2.41. The van der Waals surface area contributed by atoms with Crippen molar-refractivity contribution in [3.63, 3.8) is 0 Å². The number of aryl methyl sites for hydroxylation is 1. The molecule has 0 amide bonds. The van der Waals surface area contributed by atoms with E-state index in [-0.39, 0.29) is 5.41 Å². The third kappa shape index (κ3) is 4.77. The van der Waals surface area contributed by atoms with E-state index in [9.17, 15) is 0 Å². The Balaban J connectivity index is 1.29. The normalized spacial score (nSPS) is 11.8. The molecule has 43 heavy (non-hydrogen) atoms. The van der Waals surface area contributed by atoms with Gasteiger partial charge in [0, 0.05) is 40.4 Å². The lowest BCUT2D eigenvalue weighted by Crippen LogP contribution is -2.12. The summed E-state index contributed by atoms with van der Waals surface area (Å²) in [7, 11) is 0. The van der Waals surface area contributed by atoms with Crippen LogP contribution in [0.2, 0.25) is 0 Å². The van der Waals surface area contributed by atoms with Crippen LogP contribution in [0, 0.1) is 13.8 Å². The smallest absolute Gasteiger partial charge is 0.137 e. The Morgan fingerprint density at radius 1 is 0.674 bits per heavy atom. The van der Waals surface area contributed by atoms with Crippen LogP contribution in [0.5, 0.6) is 11.5 Å². The van der Waals surface area contributed by atoms with Gasteiger partial charge in [-0.1, -0.05) is 75.4 Å². The Hall–Kier alpha value is -5.16. The summed E-state index contributed by atoms with van der Waals surface area (Å²) in [6.07, 6.45) is 1.91. The van der Waals surface area contributed by atoms with Gasteiger partial charge in [0.15, 0.2) is 0 Å². The van der Waals surface area contributed by atoms with Gasteiger partial charge in [-0.15, -0.1) is 0 Å². The van der Waals surface area contributed by atoms with Crippen LogP contribution in [-0.2, 0) is 5.41 Å². The molecular formula is C38H34N4O. The van der Waals surface area contributed by atoms with Crippen molar-refractivity contribution in [2.24, 2.45) is 0 Å². The maximum absolute atomic E-state index is 6.50. The molecule has 0 aliphatic rings. The lowest BCUT2D eigenvalue weighted by Gasteiger charge is -2.20. The second-order valence-corrected chi connectivity index (χ2v) is 12.1. The molecule has 7 aromatic rings. The zero-order valence-electron chi connectivity index (χ0n) is 25.2. The van der Waals surface area contributed by atoms with E-state index >= 15 is 0 Å². The lowest BCUT2D eigenvalue weighted by molar-refractivity contribution is 0.482. The molecule has 0 fully saturated rings. The summed E-state index contributed by atoms with van der Waals surface area (Å²) in [5.41, 5.74) is 8.81. The molecule has 0 spiro atoms. The van der Waals surface area contributed by atoms with E-state index in [1.54, 1.807) is 0 Å². The number of aromatic nitrogens is 4. The lowest BCUT2D eigenvalue weighted by atomic mass is 9.88. The average molecular weight is 563 g/mol. The van der Waals surface area contributed by atoms with Crippen LogP contribution in [0.15, 0.2) is 115 Å². The number of fused-ring (bicyclic) bond motifs is 3. The fraction of sp³-hybridized carbons (Fsp3) is 0.158. The molecule has 0 aliphatic carbocycles. The number of hydrogen-bond acceptors (Lipinski definition) is 3. The molecule has 0 unspecified atom stereocenters. The zero-order chi connectivity index (χ0) is 29.7. The summed E-state index contributed by atoms with van der Waals surface area (Å²) in [6.45, 7) is 10.9. The van der Waals surface area contributed by atoms with Gasteiger partial charge in [0.2, 0.25) is 0 Å². The van der Waals surface area contributed by atoms with Crippen LogP contribution in [0.25, 0.3) is 44.4 Å². The van der Waals surface area contributed by atoms with E-state index in [2.05, 4.69) is 118 Å². The molecule has 212 valence electrons. The van der Waals surface area contributed by atoms with E-state index in [4.69, 9.17) is 14.8 Å². The second kappa shape index (κ2) is 10.3.